The Hall–Kier alpha value is -3.21. The van der Waals surface area contributed by atoms with E-state index in [1.54, 1.807) is 6.20 Å². The molecule has 0 spiro atoms. The Morgan fingerprint density at radius 1 is 1.04 bits per heavy atom. The Morgan fingerprint density at radius 2 is 1.86 bits per heavy atom. The minimum Gasteiger partial charge on any atom is -0.270 e. The molecular formula is C20H13ClN6S. The maximum absolute atomic E-state index is 8.89. The van der Waals surface area contributed by atoms with Crippen molar-refractivity contribution in [2.24, 2.45) is 0 Å². The lowest BCUT2D eigenvalue weighted by Gasteiger charge is -2.10. The van der Waals surface area contributed by atoms with E-state index in [0.29, 0.717) is 21.0 Å². The van der Waals surface area contributed by atoms with E-state index in [-0.39, 0.29) is 5.69 Å². The molecule has 6 nitrogen and oxygen atoms in total. The van der Waals surface area contributed by atoms with E-state index in [0.717, 1.165) is 16.8 Å². The highest BCUT2D eigenvalue weighted by molar-refractivity contribution is 7.99. The third-order valence-corrected chi connectivity index (χ3v) is 5.05. The molecule has 4 rings (SSSR count). The molecule has 0 radical (unpaired) electrons. The molecule has 136 valence electrons. The van der Waals surface area contributed by atoms with Gasteiger partial charge in [0.1, 0.15) is 11.1 Å². The van der Waals surface area contributed by atoms with Crippen LogP contribution in [0, 0.1) is 18.3 Å². The monoisotopic (exact) mass is 404 g/mol. The van der Waals surface area contributed by atoms with Crippen LogP contribution < -0.4 is 0 Å². The van der Waals surface area contributed by atoms with Crippen molar-refractivity contribution in [3.63, 3.8) is 0 Å². The summed E-state index contributed by atoms with van der Waals surface area (Å²) in [6, 6.07) is 17.6. The molecule has 0 saturated carbocycles. The smallest absolute Gasteiger partial charge is 0.202 e. The molecule has 4 aromatic rings. The number of nitriles is 1. The number of halogens is 1. The maximum Gasteiger partial charge on any atom is 0.202 e. The SMILES string of the molecule is Cc1ccc(-n2c(Sc3cnc(C#N)cn3)nnc2-c2cccc(Cl)c2)cc1. The van der Waals surface area contributed by atoms with Crippen molar-refractivity contribution >= 4 is 23.4 Å². The van der Waals surface area contributed by atoms with Crippen LogP contribution in [0.4, 0.5) is 0 Å². The van der Waals surface area contributed by atoms with Gasteiger partial charge in [0.2, 0.25) is 5.16 Å². The summed E-state index contributed by atoms with van der Waals surface area (Å²) < 4.78 is 1.95. The van der Waals surface area contributed by atoms with Gasteiger partial charge in [-0.05, 0) is 43.0 Å². The molecule has 0 N–H and O–H groups in total. The topological polar surface area (TPSA) is 80.3 Å². The fraction of sp³-hybridized carbons (Fsp3) is 0.0500. The van der Waals surface area contributed by atoms with Crippen LogP contribution >= 0.6 is 23.4 Å². The number of aryl methyl sites for hydroxylation is 1. The third-order valence-electron chi connectivity index (χ3n) is 3.95. The zero-order chi connectivity index (χ0) is 19.5. The molecule has 0 aliphatic heterocycles. The second-order valence-corrected chi connectivity index (χ2v) is 7.37. The fourth-order valence-electron chi connectivity index (χ4n) is 2.60. The van der Waals surface area contributed by atoms with Crippen molar-refractivity contribution < 1.29 is 0 Å². The molecule has 0 aliphatic carbocycles. The van der Waals surface area contributed by atoms with E-state index in [9.17, 15) is 0 Å². The van der Waals surface area contributed by atoms with Gasteiger partial charge in [-0.15, -0.1) is 10.2 Å². The summed E-state index contributed by atoms with van der Waals surface area (Å²) in [5.41, 5.74) is 3.21. The standard InChI is InChI=1S/C20H13ClN6S/c1-13-5-7-17(8-6-13)27-19(14-3-2-4-15(21)9-14)25-26-20(27)28-18-12-23-16(10-22)11-24-18/h2-9,11-12H,1H3. The Bertz CT molecular complexity index is 1160. The highest BCUT2D eigenvalue weighted by Gasteiger charge is 2.17. The van der Waals surface area contributed by atoms with Crippen molar-refractivity contribution in [3.05, 3.63) is 77.2 Å². The molecule has 2 heterocycles. The zero-order valence-electron chi connectivity index (χ0n) is 14.7. The van der Waals surface area contributed by atoms with Crippen molar-refractivity contribution in [1.29, 1.82) is 5.26 Å². The molecule has 8 heteroatoms. The first-order valence-corrected chi connectivity index (χ1v) is 9.52. The summed E-state index contributed by atoms with van der Waals surface area (Å²) in [7, 11) is 0. The van der Waals surface area contributed by atoms with Crippen LogP contribution in [0.15, 0.2) is 71.1 Å². The van der Waals surface area contributed by atoms with Gasteiger partial charge in [0.15, 0.2) is 11.5 Å². The molecule has 28 heavy (non-hydrogen) atoms. The molecule has 0 saturated heterocycles. The highest BCUT2D eigenvalue weighted by Crippen LogP contribution is 2.32. The normalized spacial score (nSPS) is 10.6. The number of hydrogen-bond donors (Lipinski definition) is 0. The van der Waals surface area contributed by atoms with Gasteiger partial charge in [-0.25, -0.2) is 9.97 Å². The van der Waals surface area contributed by atoms with E-state index in [1.165, 1.54) is 18.0 Å². The van der Waals surface area contributed by atoms with Crippen molar-refractivity contribution in [2.45, 2.75) is 17.1 Å². The quantitative estimate of drug-likeness (QED) is 0.490. The van der Waals surface area contributed by atoms with Gasteiger partial charge >= 0.3 is 0 Å². The Kier molecular flexibility index (Phi) is 5.06. The lowest BCUT2D eigenvalue weighted by atomic mass is 10.2. The van der Waals surface area contributed by atoms with Crippen LogP contribution in [-0.2, 0) is 0 Å². The number of aromatic nitrogens is 5. The molecule has 0 unspecified atom stereocenters. The summed E-state index contributed by atoms with van der Waals surface area (Å²) in [6.45, 7) is 2.04. The van der Waals surface area contributed by atoms with Crippen LogP contribution in [0.5, 0.6) is 0 Å². The van der Waals surface area contributed by atoms with Crippen LogP contribution in [0.1, 0.15) is 11.3 Å². The van der Waals surface area contributed by atoms with Crippen LogP contribution in [0.25, 0.3) is 17.1 Å². The van der Waals surface area contributed by atoms with Gasteiger partial charge in [0.05, 0.1) is 12.4 Å². The van der Waals surface area contributed by atoms with Gasteiger partial charge < -0.3 is 0 Å². The first kappa shape index (κ1) is 18.2. The largest absolute Gasteiger partial charge is 0.270 e. The minimum atomic E-state index is 0.268. The first-order chi connectivity index (χ1) is 13.6. The van der Waals surface area contributed by atoms with Crippen molar-refractivity contribution in [3.8, 4) is 23.1 Å². The Morgan fingerprint density at radius 3 is 2.54 bits per heavy atom. The minimum absolute atomic E-state index is 0.268. The molecule has 0 atom stereocenters. The van der Waals surface area contributed by atoms with E-state index >= 15 is 0 Å². The van der Waals surface area contributed by atoms with E-state index in [1.807, 2.05) is 66.1 Å². The molecule has 0 fully saturated rings. The summed E-state index contributed by atoms with van der Waals surface area (Å²) in [5, 5.41) is 19.5. The lowest BCUT2D eigenvalue weighted by Crippen LogP contribution is -2.00. The maximum atomic E-state index is 8.89. The third kappa shape index (κ3) is 3.74. The molecule has 2 aromatic carbocycles. The number of hydrogen-bond acceptors (Lipinski definition) is 6. The van der Waals surface area contributed by atoms with Crippen LogP contribution in [-0.4, -0.2) is 24.7 Å². The predicted octanol–water partition coefficient (Wildman–Crippen LogP) is 4.71. The second-order valence-electron chi connectivity index (χ2n) is 5.94. The van der Waals surface area contributed by atoms with E-state index < -0.39 is 0 Å². The molecule has 0 bridgehead atoms. The number of nitrogens with zero attached hydrogens (tertiary/aromatic N) is 6. The average Bonchev–Trinajstić information content (AvgIpc) is 3.13. The first-order valence-electron chi connectivity index (χ1n) is 8.32. The van der Waals surface area contributed by atoms with Crippen molar-refractivity contribution in [1.82, 2.24) is 24.7 Å². The average molecular weight is 405 g/mol. The second kappa shape index (κ2) is 7.80. The van der Waals surface area contributed by atoms with Gasteiger partial charge in [-0.1, -0.05) is 41.4 Å². The molecule has 2 aromatic heterocycles. The van der Waals surface area contributed by atoms with Gasteiger partial charge in [-0.2, -0.15) is 5.26 Å². The summed E-state index contributed by atoms with van der Waals surface area (Å²) in [6.07, 6.45) is 2.99. The number of benzene rings is 2. The highest BCUT2D eigenvalue weighted by atomic mass is 35.5. The fourth-order valence-corrected chi connectivity index (χ4v) is 3.55. The molecule has 0 amide bonds. The Balaban J connectivity index is 1.81. The number of rotatable bonds is 4. The van der Waals surface area contributed by atoms with E-state index in [2.05, 4.69) is 20.2 Å². The predicted molar refractivity (Wildman–Crippen MR) is 107 cm³/mol. The van der Waals surface area contributed by atoms with Gasteiger partial charge in [0.25, 0.3) is 0 Å². The summed E-state index contributed by atoms with van der Waals surface area (Å²) in [5.74, 6) is 0.676. The summed E-state index contributed by atoms with van der Waals surface area (Å²) in [4.78, 5) is 8.33. The summed E-state index contributed by atoms with van der Waals surface area (Å²) >= 11 is 7.50. The lowest BCUT2D eigenvalue weighted by molar-refractivity contribution is 0.880. The van der Waals surface area contributed by atoms with Gasteiger partial charge in [0, 0.05) is 16.3 Å². The van der Waals surface area contributed by atoms with Crippen LogP contribution in [0.3, 0.4) is 0 Å². The Labute approximate surface area is 170 Å². The molecule has 0 aliphatic rings. The molecular weight excluding hydrogens is 392 g/mol. The van der Waals surface area contributed by atoms with E-state index in [4.69, 9.17) is 16.9 Å². The van der Waals surface area contributed by atoms with Crippen LogP contribution in [0.2, 0.25) is 5.02 Å². The van der Waals surface area contributed by atoms with Gasteiger partial charge in [-0.3, -0.25) is 4.57 Å². The zero-order valence-corrected chi connectivity index (χ0v) is 16.3. The van der Waals surface area contributed by atoms with Crippen molar-refractivity contribution in [2.75, 3.05) is 0 Å².